The van der Waals surface area contributed by atoms with Crippen LogP contribution in [0.3, 0.4) is 0 Å². The first-order chi connectivity index (χ1) is 9.17. The van der Waals surface area contributed by atoms with Crippen molar-refractivity contribution in [2.24, 2.45) is 5.73 Å². The highest BCUT2D eigenvalue weighted by molar-refractivity contribution is 5.44. The molecule has 19 heavy (non-hydrogen) atoms. The number of nitrogens with two attached hydrogens (primary N) is 1. The third-order valence-electron chi connectivity index (χ3n) is 3.28. The molecule has 2 N–H and O–H groups in total. The maximum absolute atomic E-state index is 14.0. The quantitative estimate of drug-likeness (QED) is 0.915. The second kappa shape index (κ2) is 5.85. The van der Waals surface area contributed by atoms with Crippen molar-refractivity contribution in [1.82, 2.24) is 0 Å². The molecule has 2 aromatic carbocycles. The minimum atomic E-state index is -0.235. The second-order valence-corrected chi connectivity index (χ2v) is 4.56. The summed E-state index contributed by atoms with van der Waals surface area (Å²) in [7, 11) is 1.61. The summed E-state index contributed by atoms with van der Waals surface area (Å²) in [5.41, 5.74) is 8.49. The number of halogens is 1. The van der Waals surface area contributed by atoms with Crippen LogP contribution in [0.1, 0.15) is 22.6 Å². The van der Waals surface area contributed by atoms with Crippen LogP contribution in [0.5, 0.6) is 5.75 Å². The Bertz CT molecular complexity index is 568. The van der Waals surface area contributed by atoms with Gasteiger partial charge >= 0.3 is 0 Å². The molecule has 0 saturated carbocycles. The molecule has 0 heterocycles. The monoisotopic (exact) mass is 259 g/mol. The third-order valence-corrected chi connectivity index (χ3v) is 3.28. The highest BCUT2D eigenvalue weighted by Gasteiger charge is 2.19. The second-order valence-electron chi connectivity index (χ2n) is 4.56. The zero-order valence-corrected chi connectivity index (χ0v) is 11.2. The molecular formula is C16H18FNO. The molecule has 0 spiro atoms. The number of ether oxygens (including phenoxy) is 1. The minimum absolute atomic E-state index is 0.198. The minimum Gasteiger partial charge on any atom is -0.496 e. The van der Waals surface area contributed by atoms with E-state index in [0.29, 0.717) is 12.1 Å². The van der Waals surface area contributed by atoms with Crippen molar-refractivity contribution in [3.8, 4) is 5.75 Å². The van der Waals surface area contributed by atoms with Crippen molar-refractivity contribution in [2.75, 3.05) is 13.7 Å². The van der Waals surface area contributed by atoms with Crippen LogP contribution in [-0.4, -0.2) is 13.7 Å². The largest absolute Gasteiger partial charge is 0.496 e. The summed E-state index contributed by atoms with van der Waals surface area (Å²) in [5, 5.41) is 0. The van der Waals surface area contributed by atoms with Crippen molar-refractivity contribution in [3.63, 3.8) is 0 Å². The van der Waals surface area contributed by atoms with Crippen LogP contribution in [0.2, 0.25) is 0 Å². The van der Waals surface area contributed by atoms with E-state index in [1.54, 1.807) is 19.2 Å². The molecule has 0 amide bonds. The molecule has 0 aromatic heterocycles. The molecule has 2 rings (SSSR count). The van der Waals surface area contributed by atoms with Gasteiger partial charge in [-0.05, 0) is 24.6 Å². The van der Waals surface area contributed by atoms with Gasteiger partial charge in [-0.1, -0.05) is 35.9 Å². The number of methoxy groups -OCH3 is 1. The van der Waals surface area contributed by atoms with Gasteiger partial charge in [-0.3, -0.25) is 0 Å². The molecule has 0 aliphatic heterocycles. The van der Waals surface area contributed by atoms with E-state index in [1.165, 1.54) is 6.07 Å². The average Bonchev–Trinajstić information content (AvgIpc) is 2.42. The summed E-state index contributed by atoms with van der Waals surface area (Å²) in [6.45, 7) is 2.33. The molecule has 0 aliphatic rings. The highest BCUT2D eigenvalue weighted by atomic mass is 19.1. The van der Waals surface area contributed by atoms with Crippen LogP contribution in [0.25, 0.3) is 0 Å². The van der Waals surface area contributed by atoms with Crippen LogP contribution >= 0.6 is 0 Å². The zero-order chi connectivity index (χ0) is 13.8. The third kappa shape index (κ3) is 2.76. The molecule has 2 aromatic rings. The molecule has 1 unspecified atom stereocenters. The predicted octanol–water partition coefficient (Wildman–Crippen LogP) is 3.23. The fraction of sp³-hybridized carbons (Fsp3) is 0.250. The van der Waals surface area contributed by atoms with Crippen LogP contribution < -0.4 is 10.5 Å². The molecule has 0 bridgehead atoms. The van der Waals surface area contributed by atoms with Crippen molar-refractivity contribution < 1.29 is 9.13 Å². The summed E-state index contributed by atoms with van der Waals surface area (Å²) in [4.78, 5) is 0. The Balaban J connectivity index is 2.54. The maximum Gasteiger partial charge on any atom is 0.127 e. The number of benzene rings is 2. The smallest absolute Gasteiger partial charge is 0.127 e. The molecule has 100 valence electrons. The summed E-state index contributed by atoms with van der Waals surface area (Å²) in [6, 6.07) is 12.6. The van der Waals surface area contributed by atoms with E-state index in [9.17, 15) is 4.39 Å². The Morgan fingerprint density at radius 3 is 2.53 bits per heavy atom. The van der Waals surface area contributed by atoms with E-state index in [2.05, 4.69) is 0 Å². The van der Waals surface area contributed by atoms with Gasteiger partial charge in [-0.25, -0.2) is 4.39 Å². The van der Waals surface area contributed by atoms with Gasteiger partial charge in [0.2, 0.25) is 0 Å². The van der Waals surface area contributed by atoms with E-state index in [-0.39, 0.29) is 11.7 Å². The molecule has 2 nitrogen and oxygen atoms in total. The SMILES string of the molecule is COc1ccc(C)cc1C(CN)c1ccccc1F. The van der Waals surface area contributed by atoms with Gasteiger partial charge in [-0.15, -0.1) is 0 Å². The first-order valence-corrected chi connectivity index (χ1v) is 6.26. The molecule has 0 aliphatic carbocycles. The van der Waals surface area contributed by atoms with Gasteiger partial charge in [0.15, 0.2) is 0 Å². The number of rotatable bonds is 4. The molecule has 0 fully saturated rings. The molecule has 3 heteroatoms. The first-order valence-electron chi connectivity index (χ1n) is 6.26. The van der Waals surface area contributed by atoms with Gasteiger partial charge < -0.3 is 10.5 Å². The number of hydrogen-bond donors (Lipinski definition) is 1. The van der Waals surface area contributed by atoms with E-state index >= 15 is 0 Å². The molecule has 0 saturated heterocycles. The molecule has 0 radical (unpaired) electrons. The van der Waals surface area contributed by atoms with E-state index < -0.39 is 0 Å². The van der Waals surface area contributed by atoms with Crippen LogP contribution in [0, 0.1) is 12.7 Å². The topological polar surface area (TPSA) is 35.2 Å². The van der Waals surface area contributed by atoms with Gasteiger partial charge in [0.1, 0.15) is 11.6 Å². The van der Waals surface area contributed by atoms with E-state index in [1.807, 2.05) is 31.2 Å². The Morgan fingerprint density at radius 1 is 1.16 bits per heavy atom. The first kappa shape index (κ1) is 13.6. The van der Waals surface area contributed by atoms with Gasteiger partial charge in [0.05, 0.1) is 7.11 Å². The Labute approximate surface area is 113 Å². The Kier molecular flexibility index (Phi) is 4.17. The fourth-order valence-electron chi connectivity index (χ4n) is 2.31. The summed E-state index contributed by atoms with van der Waals surface area (Å²) in [5.74, 6) is 0.307. The van der Waals surface area contributed by atoms with Crippen LogP contribution in [0.15, 0.2) is 42.5 Å². The Morgan fingerprint density at radius 2 is 1.89 bits per heavy atom. The molecule has 1 atom stereocenters. The van der Waals surface area contributed by atoms with E-state index in [0.717, 1.165) is 16.9 Å². The lowest BCUT2D eigenvalue weighted by Gasteiger charge is -2.20. The van der Waals surface area contributed by atoms with Crippen molar-refractivity contribution in [3.05, 3.63) is 65.0 Å². The predicted molar refractivity (Wildman–Crippen MR) is 75.0 cm³/mol. The maximum atomic E-state index is 14.0. The normalized spacial score (nSPS) is 12.2. The van der Waals surface area contributed by atoms with Crippen LogP contribution in [-0.2, 0) is 0 Å². The fourth-order valence-corrected chi connectivity index (χ4v) is 2.31. The van der Waals surface area contributed by atoms with Gasteiger partial charge in [-0.2, -0.15) is 0 Å². The highest BCUT2D eigenvalue weighted by Crippen LogP contribution is 2.33. The number of aryl methyl sites for hydroxylation is 1. The van der Waals surface area contributed by atoms with Crippen molar-refractivity contribution in [2.45, 2.75) is 12.8 Å². The zero-order valence-electron chi connectivity index (χ0n) is 11.2. The standard InChI is InChI=1S/C16H18FNO/c1-11-7-8-16(19-2)13(9-11)14(10-18)12-5-3-4-6-15(12)17/h3-9,14H,10,18H2,1-2H3. The van der Waals surface area contributed by atoms with Gasteiger partial charge in [0, 0.05) is 18.0 Å². The molecular weight excluding hydrogens is 241 g/mol. The van der Waals surface area contributed by atoms with Crippen LogP contribution in [0.4, 0.5) is 4.39 Å². The summed E-state index contributed by atoms with van der Waals surface area (Å²) >= 11 is 0. The van der Waals surface area contributed by atoms with Gasteiger partial charge in [0.25, 0.3) is 0 Å². The summed E-state index contributed by atoms with van der Waals surface area (Å²) < 4.78 is 19.3. The van der Waals surface area contributed by atoms with Crippen molar-refractivity contribution >= 4 is 0 Å². The average molecular weight is 259 g/mol. The lowest BCUT2D eigenvalue weighted by Crippen LogP contribution is -2.16. The van der Waals surface area contributed by atoms with Crippen molar-refractivity contribution in [1.29, 1.82) is 0 Å². The lowest BCUT2D eigenvalue weighted by atomic mass is 9.89. The Hall–Kier alpha value is -1.87. The summed E-state index contributed by atoms with van der Waals surface area (Å²) in [6.07, 6.45) is 0. The number of hydrogen-bond acceptors (Lipinski definition) is 2. The van der Waals surface area contributed by atoms with E-state index in [4.69, 9.17) is 10.5 Å². The lowest BCUT2D eigenvalue weighted by molar-refractivity contribution is 0.407.